The maximum Gasteiger partial charge on any atom is 0.273 e. The number of hydrogen-bond donors (Lipinski definition) is 1. The first-order chi connectivity index (χ1) is 12.0. The van der Waals surface area contributed by atoms with Gasteiger partial charge in [0.15, 0.2) is 9.60 Å². The van der Waals surface area contributed by atoms with Gasteiger partial charge in [-0.25, -0.2) is 4.98 Å². The highest BCUT2D eigenvalue weighted by Crippen LogP contribution is 2.23. The topological polar surface area (TPSA) is 68.9 Å². The third-order valence-electron chi connectivity index (χ3n) is 4.65. The molecule has 134 valence electrons. The van der Waals surface area contributed by atoms with Crippen LogP contribution >= 0.6 is 23.6 Å². The van der Waals surface area contributed by atoms with E-state index in [1.54, 1.807) is 10.6 Å². The molecule has 1 fully saturated rings. The number of carbonyl (C=O) groups is 1. The largest absolute Gasteiger partial charge is 0.352 e. The Hall–Kier alpha value is -1.80. The van der Waals surface area contributed by atoms with E-state index in [9.17, 15) is 9.59 Å². The number of hydrogen-bond acceptors (Lipinski definition) is 5. The summed E-state index contributed by atoms with van der Waals surface area (Å²) in [6, 6.07) is 0.215. The lowest BCUT2D eigenvalue weighted by Gasteiger charge is -2.26. The number of allylic oxidation sites excluding steroid dienone is 1. The molecule has 0 atom stereocenters. The zero-order chi connectivity index (χ0) is 18.0. The van der Waals surface area contributed by atoms with Gasteiger partial charge in [-0.15, -0.1) is 6.58 Å². The van der Waals surface area contributed by atoms with Crippen LogP contribution in [0.3, 0.4) is 0 Å². The van der Waals surface area contributed by atoms with Crippen LogP contribution < -0.4 is 10.9 Å². The molecule has 0 bridgehead atoms. The van der Waals surface area contributed by atoms with E-state index in [0.717, 1.165) is 31.6 Å². The average molecular weight is 379 g/mol. The minimum atomic E-state index is -0.226. The molecular formula is C17H22N4O2S2. The minimum Gasteiger partial charge on any atom is -0.352 e. The van der Waals surface area contributed by atoms with Crippen molar-refractivity contribution in [3.8, 4) is 0 Å². The molecule has 0 aromatic carbocycles. The van der Waals surface area contributed by atoms with Crippen LogP contribution in [-0.4, -0.2) is 26.1 Å². The maximum atomic E-state index is 12.6. The van der Waals surface area contributed by atoms with Crippen LogP contribution in [0.15, 0.2) is 23.8 Å². The van der Waals surface area contributed by atoms with Gasteiger partial charge in [0, 0.05) is 12.6 Å². The predicted molar refractivity (Wildman–Crippen MR) is 102 cm³/mol. The zero-order valence-corrected chi connectivity index (χ0v) is 15.9. The summed E-state index contributed by atoms with van der Waals surface area (Å²) in [6.07, 6.45) is 7.43. The number of nitrogens with one attached hydrogen (secondary N) is 1. The Labute approximate surface area is 155 Å². The molecule has 3 rings (SSSR count). The number of aromatic nitrogens is 3. The Morgan fingerprint density at radius 2 is 2.20 bits per heavy atom. The second kappa shape index (κ2) is 7.61. The molecule has 1 amide bonds. The van der Waals surface area contributed by atoms with E-state index in [2.05, 4.69) is 23.8 Å². The molecule has 1 aliphatic rings. The van der Waals surface area contributed by atoms with E-state index >= 15 is 0 Å². The lowest BCUT2D eigenvalue weighted by molar-refractivity contribution is -0.122. The van der Waals surface area contributed by atoms with Crippen LogP contribution in [-0.2, 0) is 17.9 Å². The van der Waals surface area contributed by atoms with Gasteiger partial charge in [0.2, 0.25) is 5.91 Å². The molecular weight excluding hydrogens is 356 g/mol. The molecule has 2 aromatic heterocycles. The standard InChI is InChI=1S/C17H22N4O2S2/c1-3-8-21-15-14(25-17(21)24)16(23)20(10-18-15)9-13(22)19-12-6-4-11(2)5-7-12/h3,10-12H,1,4-9H2,2H3,(H,19,22). The van der Waals surface area contributed by atoms with Gasteiger partial charge < -0.3 is 9.88 Å². The molecule has 25 heavy (non-hydrogen) atoms. The molecule has 0 saturated heterocycles. The van der Waals surface area contributed by atoms with E-state index in [0.29, 0.717) is 20.8 Å². The second-order valence-corrected chi connectivity index (χ2v) is 8.27. The van der Waals surface area contributed by atoms with Gasteiger partial charge in [-0.2, -0.15) is 0 Å². The summed E-state index contributed by atoms with van der Waals surface area (Å²) in [5, 5.41) is 3.04. The number of rotatable bonds is 5. The Balaban J connectivity index is 1.76. The van der Waals surface area contributed by atoms with E-state index < -0.39 is 0 Å². The zero-order valence-electron chi connectivity index (χ0n) is 14.2. The summed E-state index contributed by atoms with van der Waals surface area (Å²) >= 11 is 6.52. The van der Waals surface area contributed by atoms with Crippen molar-refractivity contribution in [2.75, 3.05) is 0 Å². The third-order valence-corrected chi connectivity index (χ3v) is 6.08. The molecule has 0 unspecified atom stereocenters. The predicted octanol–water partition coefficient (Wildman–Crippen LogP) is 2.87. The monoisotopic (exact) mass is 378 g/mol. The molecule has 1 aliphatic carbocycles. The number of fused-ring (bicyclic) bond motifs is 1. The molecule has 1 N–H and O–H groups in total. The van der Waals surface area contributed by atoms with Crippen molar-refractivity contribution in [1.29, 1.82) is 0 Å². The Kier molecular flexibility index (Phi) is 5.48. The lowest BCUT2D eigenvalue weighted by Crippen LogP contribution is -2.40. The van der Waals surface area contributed by atoms with Gasteiger partial charge in [-0.05, 0) is 43.8 Å². The van der Waals surface area contributed by atoms with Crippen LogP contribution in [0.4, 0.5) is 0 Å². The number of nitrogens with zero attached hydrogens (tertiary/aromatic N) is 3. The molecule has 2 heterocycles. The SMILES string of the molecule is C=CCn1c(=S)sc2c(=O)n(CC(=O)NC3CCC(C)CC3)cnc21. The van der Waals surface area contributed by atoms with Gasteiger partial charge in [0.25, 0.3) is 5.56 Å². The summed E-state index contributed by atoms with van der Waals surface area (Å²) in [6.45, 7) is 6.43. The normalized spacial score (nSPS) is 20.5. The summed E-state index contributed by atoms with van der Waals surface area (Å²) < 4.78 is 4.19. The van der Waals surface area contributed by atoms with Gasteiger partial charge in [0.1, 0.15) is 17.6 Å². The number of amides is 1. The highest BCUT2D eigenvalue weighted by Gasteiger charge is 2.20. The van der Waals surface area contributed by atoms with E-state index in [1.807, 2.05) is 0 Å². The molecule has 2 aromatic rings. The van der Waals surface area contributed by atoms with Crippen LogP contribution in [0.1, 0.15) is 32.6 Å². The molecule has 1 saturated carbocycles. The van der Waals surface area contributed by atoms with Crippen molar-refractivity contribution in [2.45, 2.75) is 51.7 Å². The van der Waals surface area contributed by atoms with Crippen molar-refractivity contribution in [3.63, 3.8) is 0 Å². The van der Waals surface area contributed by atoms with Gasteiger partial charge >= 0.3 is 0 Å². The first-order valence-electron chi connectivity index (χ1n) is 8.48. The van der Waals surface area contributed by atoms with Crippen LogP contribution in [0.2, 0.25) is 0 Å². The van der Waals surface area contributed by atoms with Crippen LogP contribution in [0.5, 0.6) is 0 Å². The molecule has 0 spiro atoms. The number of thiazole rings is 1. The smallest absolute Gasteiger partial charge is 0.273 e. The summed E-state index contributed by atoms with van der Waals surface area (Å²) in [7, 11) is 0. The fourth-order valence-corrected chi connectivity index (χ4v) is 4.52. The Bertz CT molecular complexity index is 903. The van der Waals surface area contributed by atoms with Gasteiger partial charge in [-0.1, -0.05) is 24.3 Å². The first kappa shape index (κ1) is 18.0. The number of carbonyl (C=O) groups excluding carboxylic acids is 1. The molecule has 0 aliphatic heterocycles. The van der Waals surface area contributed by atoms with E-state index in [-0.39, 0.29) is 24.1 Å². The highest BCUT2D eigenvalue weighted by molar-refractivity contribution is 7.73. The van der Waals surface area contributed by atoms with Crippen molar-refractivity contribution in [1.82, 2.24) is 19.4 Å². The lowest BCUT2D eigenvalue weighted by atomic mass is 9.87. The molecule has 8 heteroatoms. The van der Waals surface area contributed by atoms with Gasteiger partial charge in [0.05, 0.1) is 0 Å². The van der Waals surface area contributed by atoms with E-state index in [1.165, 1.54) is 22.2 Å². The fourth-order valence-electron chi connectivity index (χ4n) is 3.21. The minimum absolute atomic E-state index is 0.0139. The second-order valence-electron chi connectivity index (χ2n) is 6.62. The van der Waals surface area contributed by atoms with Crippen molar-refractivity contribution in [2.24, 2.45) is 5.92 Å². The van der Waals surface area contributed by atoms with Crippen molar-refractivity contribution >= 4 is 39.8 Å². The molecule has 6 nitrogen and oxygen atoms in total. The van der Waals surface area contributed by atoms with Crippen LogP contribution in [0, 0.1) is 9.87 Å². The van der Waals surface area contributed by atoms with Gasteiger partial charge in [-0.3, -0.25) is 14.2 Å². The molecule has 0 radical (unpaired) electrons. The highest BCUT2D eigenvalue weighted by atomic mass is 32.1. The first-order valence-corrected chi connectivity index (χ1v) is 9.71. The quantitative estimate of drug-likeness (QED) is 0.642. The summed E-state index contributed by atoms with van der Waals surface area (Å²) in [4.78, 5) is 29.3. The van der Waals surface area contributed by atoms with Crippen LogP contribution in [0.25, 0.3) is 10.3 Å². The summed E-state index contributed by atoms with van der Waals surface area (Å²) in [5.74, 6) is 0.591. The average Bonchev–Trinajstić information content (AvgIpc) is 2.90. The van der Waals surface area contributed by atoms with E-state index in [4.69, 9.17) is 12.2 Å². The Morgan fingerprint density at radius 3 is 2.88 bits per heavy atom. The van der Waals surface area contributed by atoms with Crippen molar-refractivity contribution < 1.29 is 4.79 Å². The summed E-state index contributed by atoms with van der Waals surface area (Å²) in [5.41, 5.74) is 0.328. The Morgan fingerprint density at radius 1 is 1.48 bits per heavy atom. The third kappa shape index (κ3) is 3.90. The van der Waals surface area contributed by atoms with Crippen molar-refractivity contribution in [3.05, 3.63) is 33.3 Å². The maximum absolute atomic E-state index is 12.6. The fraction of sp³-hybridized carbons (Fsp3) is 0.529.